The number of carbonyl (C=O) groups is 2. The molecule has 4 rings (SSSR count). The van der Waals surface area contributed by atoms with Gasteiger partial charge in [-0.15, -0.1) is 0 Å². The third kappa shape index (κ3) is 5.56. The van der Waals surface area contributed by atoms with E-state index in [0.717, 1.165) is 29.4 Å². The molecular weight excluding hydrogens is 476 g/mol. The lowest BCUT2D eigenvalue weighted by Gasteiger charge is -2.37. The van der Waals surface area contributed by atoms with E-state index in [4.69, 9.17) is 9.26 Å². The van der Waals surface area contributed by atoms with E-state index in [1.54, 1.807) is 0 Å². The molecule has 0 bridgehead atoms. The summed E-state index contributed by atoms with van der Waals surface area (Å²) >= 11 is 3.43. The van der Waals surface area contributed by atoms with Gasteiger partial charge >= 0.3 is 5.97 Å². The Hall–Kier alpha value is -2.26. The average Bonchev–Trinajstić information content (AvgIpc) is 3.28. The lowest BCUT2D eigenvalue weighted by molar-refractivity contribution is -0.152. The first kappa shape index (κ1) is 22.9. The number of ether oxygens (including phenoxy) is 1. The minimum atomic E-state index is -0.134. The minimum absolute atomic E-state index is 0.0308. The maximum Gasteiger partial charge on any atom is 0.309 e. The number of benzene rings is 1. The van der Waals surface area contributed by atoms with Crippen LogP contribution in [0.25, 0.3) is 11.4 Å². The fourth-order valence-electron chi connectivity index (χ4n) is 4.48. The van der Waals surface area contributed by atoms with E-state index in [1.807, 2.05) is 36.1 Å². The van der Waals surface area contributed by atoms with Crippen LogP contribution in [0.5, 0.6) is 0 Å². The van der Waals surface area contributed by atoms with Gasteiger partial charge in [0.15, 0.2) is 0 Å². The van der Waals surface area contributed by atoms with Crippen LogP contribution in [-0.4, -0.2) is 64.6 Å². The summed E-state index contributed by atoms with van der Waals surface area (Å²) < 4.78 is 11.6. The van der Waals surface area contributed by atoms with E-state index in [9.17, 15) is 9.59 Å². The van der Waals surface area contributed by atoms with E-state index in [1.165, 1.54) is 0 Å². The quantitative estimate of drug-likeness (QED) is 0.556. The predicted octanol–water partition coefficient (Wildman–Crippen LogP) is 3.51. The standard InChI is InChI=1S/C23H29BrN4O4/c1-2-31-23(30)17-9-12-28(13-10-17)22(29)18-4-3-11-27(14-18)15-20-25-21(26-32-20)16-5-7-19(24)8-6-16/h5-8,17-18H,2-4,9-15H2,1H3. The number of esters is 1. The van der Waals surface area contributed by atoms with Gasteiger partial charge in [0.2, 0.25) is 17.6 Å². The summed E-state index contributed by atoms with van der Waals surface area (Å²) in [5.74, 6) is 1.08. The number of hydrogen-bond donors (Lipinski definition) is 0. The number of amides is 1. The fraction of sp³-hybridized carbons (Fsp3) is 0.565. The van der Waals surface area contributed by atoms with Gasteiger partial charge in [0.1, 0.15) is 0 Å². The largest absolute Gasteiger partial charge is 0.466 e. The average molecular weight is 505 g/mol. The molecule has 1 amide bonds. The summed E-state index contributed by atoms with van der Waals surface area (Å²) in [5, 5.41) is 4.10. The summed E-state index contributed by atoms with van der Waals surface area (Å²) in [6.07, 6.45) is 3.22. The summed E-state index contributed by atoms with van der Waals surface area (Å²) in [5.41, 5.74) is 0.904. The van der Waals surface area contributed by atoms with Crippen molar-refractivity contribution in [3.63, 3.8) is 0 Å². The third-order valence-electron chi connectivity index (χ3n) is 6.21. The topological polar surface area (TPSA) is 88.8 Å². The van der Waals surface area contributed by atoms with Crippen molar-refractivity contribution in [2.45, 2.75) is 39.2 Å². The van der Waals surface area contributed by atoms with Gasteiger partial charge in [-0.3, -0.25) is 14.5 Å². The van der Waals surface area contributed by atoms with E-state index >= 15 is 0 Å². The SMILES string of the molecule is CCOC(=O)C1CCN(C(=O)C2CCCN(Cc3nc(-c4ccc(Br)cc4)no3)C2)CC1. The maximum absolute atomic E-state index is 13.1. The van der Waals surface area contributed by atoms with Crippen LogP contribution in [0.3, 0.4) is 0 Å². The third-order valence-corrected chi connectivity index (χ3v) is 6.74. The Morgan fingerprint density at radius 2 is 1.88 bits per heavy atom. The van der Waals surface area contributed by atoms with Gasteiger partial charge in [-0.05, 0) is 63.4 Å². The highest BCUT2D eigenvalue weighted by Crippen LogP contribution is 2.25. The summed E-state index contributed by atoms with van der Waals surface area (Å²) in [7, 11) is 0. The predicted molar refractivity (Wildman–Crippen MR) is 121 cm³/mol. The minimum Gasteiger partial charge on any atom is -0.466 e. The first-order valence-electron chi connectivity index (χ1n) is 11.3. The Kier molecular flexibility index (Phi) is 7.57. The molecule has 2 aliphatic heterocycles. The zero-order valence-corrected chi connectivity index (χ0v) is 19.9. The van der Waals surface area contributed by atoms with Crippen LogP contribution in [-0.2, 0) is 20.9 Å². The van der Waals surface area contributed by atoms with Crippen LogP contribution < -0.4 is 0 Å². The van der Waals surface area contributed by atoms with Crippen molar-refractivity contribution in [3.05, 3.63) is 34.6 Å². The number of aromatic nitrogens is 2. The van der Waals surface area contributed by atoms with E-state index < -0.39 is 0 Å². The first-order valence-corrected chi connectivity index (χ1v) is 12.1. The lowest BCUT2D eigenvalue weighted by Crippen LogP contribution is -2.47. The van der Waals surface area contributed by atoms with Crippen LogP contribution in [0.1, 0.15) is 38.5 Å². The van der Waals surface area contributed by atoms with Crippen LogP contribution >= 0.6 is 15.9 Å². The van der Waals surface area contributed by atoms with Crippen LogP contribution in [0, 0.1) is 11.8 Å². The molecule has 1 unspecified atom stereocenters. The molecule has 0 N–H and O–H groups in total. The second-order valence-corrected chi connectivity index (χ2v) is 9.36. The van der Waals surface area contributed by atoms with Crippen molar-refractivity contribution in [2.24, 2.45) is 11.8 Å². The lowest BCUT2D eigenvalue weighted by atomic mass is 9.93. The molecule has 2 aromatic rings. The highest BCUT2D eigenvalue weighted by Gasteiger charge is 2.33. The molecule has 0 spiro atoms. The van der Waals surface area contributed by atoms with Gasteiger partial charge in [-0.1, -0.05) is 21.1 Å². The second kappa shape index (κ2) is 10.6. The molecule has 32 heavy (non-hydrogen) atoms. The molecule has 172 valence electrons. The zero-order chi connectivity index (χ0) is 22.5. The molecule has 0 radical (unpaired) electrons. The van der Waals surface area contributed by atoms with Crippen molar-refractivity contribution < 1.29 is 18.8 Å². The molecule has 0 saturated carbocycles. The van der Waals surface area contributed by atoms with Crippen molar-refractivity contribution in [1.29, 1.82) is 0 Å². The molecule has 2 fully saturated rings. The summed E-state index contributed by atoms with van der Waals surface area (Å²) in [6, 6.07) is 7.78. The molecule has 9 heteroatoms. The molecule has 8 nitrogen and oxygen atoms in total. The molecule has 1 atom stereocenters. The first-order chi connectivity index (χ1) is 15.5. The van der Waals surface area contributed by atoms with Gasteiger partial charge in [-0.25, -0.2) is 0 Å². The Morgan fingerprint density at radius 3 is 2.59 bits per heavy atom. The van der Waals surface area contributed by atoms with Gasteiger partial charge in [0.25, 0.3) is 0 Å². The van der Waals surface area contributed by atoms with Gasteiger partial charge in [0.05, 0.1) is 25.0 Å². The summed E-state index contributed by atoms with van der Waals surface area (Å²) in [6.45, 7) is 5.61. The van der Waals surface area contributed by atoms with Crippen LogP contribution in [0.4, 0.5) is 0 Å². The second-order valence-electron chi connectivity index (χ2n) is 8.44. The molecule has 2 aliphatic rings. The Morgan fingerprint density at radius 1 is 1.12 bits per heavy atom. The number of piperidine rings is 2. The van der Waals surface area contributed by atoms with Crippen molar-refractivity contribution in [2.75, 3.05) is 32.8 Å². The number of hydrogen-bond acceptors (Lipinski definition) is 7. The Bertz CT molecular complexity index is 924. The van der Waals surface area contributed by atoms with Crippen LogP contribution in [0.2, 0.25) is 0 Å². The van der Waals surface area contributed by atoms with Gasteiger partial charge in [-0.2, -0.15) is 4.98 Å². The normalized spacial score (nSPS) is 20.3. The Labute approximate surface area is 196 Å². The number of halogens is 1. The van der Waals surface area contributed by atoms with E-state index in [2.05, 4.69) is 31.0 Å². The monoisotopic (exact) mass is 504 g/mol. The molecule has 3 heterocycles. The van der Waals surface area contributed by atoms with E-state index in [0.29, 0.717) is 57.3 Å². The molecule has 2 saturated heterocycles. The Balaban J connectivity index is 1.30. The van der Waals surface area contributed by atoms with Crippen LogP contribution in [0.15, 0.2) is 33.3 Å². The number of rotatable bonds is 6. The fourth-order valence-corrected chi connectivity index (χ4v) is 4.75. The number of likely N-dealkylation sites (tertiary alicyclic amines) is 2. The van der Waals surface area contributed by atoms with Crippen molar-refractivity contribution in [3.8, 4) is 11.4 Å². The summed E-state index contributed by atoms with van der Waals surface area (Å²) in [4.78, 5) is 33.7. The highest BCUT2D eigenvalue weighted by molar-refractivity contribution is 9.10. The zero-order valence-electron chi connectivity index (χ0n) is 18.3. The smallest absolute Gasteiger partial charge is 0.309 e. The maximum atomic E-state index is 13.1. The molecule has 0 aliphatic carbocycles. The molecule has 1 aromatic heterocycles. The highest BCUT2D eigenvalue weighted by atomic mass is 79.9. The number of carbonyl (C=O) groups excluding carboxylic acids is 2. The van der Waals surface area contributed by atoms with Gasteiger partial charge < -0.3 is 14.2 Å². The molecular formula is C23H29BrN4O4. The van der Waals surface area contributed by atoms with Gasteiger partial charge in [0, 0.05) is 29.7 Å². The van der Waals surface area contributed by atoms with E-state index in [-0.39, 0.29) is 23.7 Å². The number of nitrogens with zero attached hydrogens (tertiary/aromatic N) is 4. The molecule has 1 aromatic carbocycles. The van der Waals surface area contributed by atoms with Crippen molar-refractivity contribution in [1.82, 2.24) is 19.9 Å². The van der Waals surface area contributed by atoms with Crippen molar-refractivity contribution >= 4 is 27.8 Å².